The predicted octanol–water partition coefficient (Wildman–Crippen LogP) is 2.76. The Morgan fingerprint density at radius 3 is 2.69 bits per heavy atom. The number of hydrogen-bond donors (Lipinski definition) is 0. The van der Waals surface area contributed by atoms with Crippen molar-refractivity contribution in [1.29, 1.82) is 0 Å². The van der Waals surface area contributed by atoms with Crippen LogP contribution in [0.2, 0.25) is 0 Å². The van der Waals surface area contributed by atoms with Gasteiger partial charge in [-0.25, -0.2) is 0 Å². The third-order valence-electron chi connectivity index (χ3n) is 2.72. The van der Waals surface area contributed by atoms with Crippen LogP contribution in [0.1, 0.15) is 38.2 Å². The molecule has 0 saturated carbocycles. The number of hydrogen-bond acceptors (Lipinski definition) is 2. The van der Waals surface area contributed by atoms with Crippen LogP contribution in [-0.4, -0.2) is 14.1 Å². The van der Waals surface area contributed by atoms with Crippen molar-refractivity contribution in [3.05, 3.63) is 29.8 Å². The van der Waals surface area contributed by atoms with Gasteiger partial charge >= 0.3 is 0 Å². The summed E-state index contributed by atoms with van der Waals surface area (Å²) in [5, 5.41) is 0. The maximum atomic E-state index is 11.7. The average Bonchev–Trinajstić information content (AvgIpc) is 2.52. The fraction of sp³-hybridized carbons (Fsp3) is 0.417. The highest BCUT2D eigenvalue weighted by Crippen LogP contribution is 2.27. The van der Waals surface area contributed by atoms with Crippen molar-refractivity contribution in [3.63, 3.8) is 0 Å². The molecule has 3 nitrogen and oxygen atoms in total. The van der Waals surface area contributed by atoms with Crippen LogP contribution >= 0.6 is 0 Å². The van der Waals surface area contributed by atoms with E-state index in [-0.39, 0.29) is 0 Å². The van der Waals surface area contributed by atoms with E-state index >= 15 is 0 Å². The van der Waals surface area contributed by atoms with E-state index < -0.39 is 10.0 Å². The molecule has 1 aliphatic heterocycles. The van der Waals surface area contributed by atoms with E-state index in [1.54, 1.807) is 12.1 Å². The topological polar surface area (TPSA) is 46.5 Å². The second-order valence-electron chi connectivity index (χ2n) is 3.97. The van der Waals surface area contributed by atoms with Gasteiger partial charge in [-0.3, -0.25) is 0 Å². The highest BCUT2D eigenvalue weighted by atomic mass is 32.2. The third kappa shape index (κ3) is 2.02. The number of nitrogens with zero attached hydrogens (tertiary/aromatic N) is 1. The Morgan fingerprint density at radius 2 is 1.94 bits per heavy atom. The summed E-state index contributed by atoms with van der Waals surface area (Å²) in [5.41, 5.74) is 1.52. The normalized spacial score (nSPS) is 16.9. The Kier molecular flexibility index (Phi) is 3.10. The molecule has 16 heavy (non-hydrogen) atoms. The molecule has 2 rings (SSSR count). The molecule has 0 amide bonds. The van der Waals surface area contributed by atoms with E-state index in [0.717, 1.165) is 37.0 Å². The lowest BCUT2D eigenvalue weighted by atomic mass is 10.0. The van der Waals surface area contributed by atoms with Crippen LogP contribution in [0.5, 0.6) is 0 Å². The minimum absolute atomic E-state index is 0.362. The van der Waals surface area contributed by atoms with Gasteiger partial charge < -0.3 is 0 Å². The molecule has 0 aliphatic carbocycles. The van der Waals surface area contributed by atoms with Gasteiger partial charge in [0.25, 0.3) is 10.0 Å². The number of benzene rings is 1. The zero-order valence-electron chi connectivity index (χ0n) is 9.31. The smallest absolute Gasteiger partial charge is 0.199 e. The van der Waals surface area contributed by atoms with Crippen molar-refractivity contribution in [1.82, 2.24) is 0 Å². The van der Waals surface area contributed by atoms with E-state index in [9.17, 15) is 8.42 Å². The van der Waals surface area contributed by atoms with Gasteiger partial charge in [0.1, 0.15) is 0 Å². The van der Waals surface area contributed by atoms with Crippen LogP contribution in [0.25, 0.3) is 0 Å². The molecule has 0 bridgehead atoms. The molecule has 0 radical (unpaired) electrons. The molecule has 0 N–H and O–H groups in total. The lowest BCUT2D eigenvalue weighted by molar-refractivity contribution is 0.599. The van der Waals surface area contributed by atoms with Crippen LogP contribution in [-0.2, 0) is 10.0 Å². The van der Waals surface area contributed by atoms with Crippen LogP contribution in [0, 0.1) is 0 Å². The molecule has 1 aromatic rings. The molecule has 0 atom stereocenters. The SMILES string of the molecule is CCCCCC1=NS(=O)(=O)c2ccccc21. The number of sulfonamides is 1. The molecule has 0 aromatic heterocycles. The average molecular weight is 237 g/mol. The third-order valence-corrected chi connectivity index (χ3v) is 4.10. The van der Waals surface area contributed by atoms with Gasteiger partial charge in [0.15, 0.2) is 0 Å². The molecule has 1 heterocycles. The summed E-state index contributed by atoms with van der Waals surface area (Å²) in [6.07, 6.45) is 3.99. The monoisotopic (exact) mass is 237 g/mol. The number of unbranched alkanes of at least 4 members (excludes halogenated alkanes) is 2. The van der Waals surface area contributed by atoms with Crippen LogP contribution in [0.4, 0.5) is 0 Å². The van der Waals surface area contributed by atoms with Crippen molar-refractivity contribution in [2.45, 2.75) is 37.5 Å². The van der Waals surface area contributed by atoms with Crippen LogP contribution in [0.3, 0.4) is 0 Å². The maximum Gasteiger partial charge on any atom is 0.283 e. The van der Waals surface area contributed by atoms with Gasteiger partial charge in [0.05, 0.1) is 10.6 Å². The standard InChI is InChI=1S/C12H15NO2S/c1-2-3-4-8-11-10-7-5-6-9-12(10)16(14,15)13-11/h5-7,9H,2-4,8H2,1H3. The quantitative estimate of drug-likeness (QED) is 0.756. The Bertz CT molecular complexity index is 518. The van der Waals surface area contributed by atoms with Gasteiger partial charge in [0, 0.05) is 5.56 Å². The minimum atomic E-state index is -3.40. The van der Waals surface area contributed by atoms with Crippen molar-refractivity contribution >= 4 is 15.7 Å². The summed E-state index contributed by atoms with van der Waals surface area (Å²) in [6.45, 7) is 2.13. The second-order valence-corrected chi connectivity index (χ2v) is 5.54. The van der Waals surface area contributed by atoms with E-state index in [1.165, 1.54) is 0 Å². The summed E-state index contributed by atoms with van der Waals surface area (Å²) < 4.78 is 27.3. The Hall–Kier alpha value is -1.16. The Labute approximate surface area is 96.3 Å². The minimum Gasteiger partial charge on any atom is -0.199 e. The molecule has 86 valence electrons. The van der Waals surface area contributed by atoms with Crippen molar-refractivity contribution in [2.75, 3.05) is 0 Å². The first-order valence-corrected chi connectivity index (χ1v) is 7.02. The first kappa shape index (κ1) is 11.3. The van der Waals surface area contributed by atoms with Crippen molar-refractivity contribution in [2.24, 2.45) is 4.40 Å². The lowest BCUT2D eigenvalue weighted by Gasteiger charge is -2.00. The highest BCUT2D eigenvalue weighted by Gasteiger charge is 2.27. The fourth-order valence-electron chi connectivity index (χ4n) is 1.90. The molecular formula is C12H15NO2S. The van der Waals surface area contributed by atoms with E-state index in [4.69, 9.17) is 0 Å². The zero-order chi connectivity index (χ0) is 11.6. The lowest BCUT2D eigenvalue weighted by Crippen LogP contribution is -1.97. The predicted molar refractivity (Wildman–Crippen MR) is 64.3 cm³/mol. The zero-order valence-corrected chi connectivity index (χ0v) is 10.1. The van der Waals surface area contributed by atoms with Gasteiger partial charge in [-0.15, -0.1) is 0 Å². The summed E-state index contributed by atoms with van der Waals surface area (Å²) in [6, 6.07) is 7.06. The van der Waals surface area contributed by atoms with E-state index in [2.05, 4.69) is 11.3 Å². The summed E-state index contributed by atoms with van der Waals surface area (Å²) in [4.78, 5) is 0.362. The van der Waals surface area contributed by atoms with Gasteiger partial charge in [0.2, 0.25) is 0 Å². The first-order valence-electron chi connectivity index (χ1n) is 5.58. The van der Waals surface area contributed by atoms with Gasteiger partial charge in [-0.2, -0.15) is 12.8 Å². The number of fused-ring (bicyclic) bond motifs is 1. The summed E-state index contributed by atoms with van der Waals surface area (Å²) in [5.74, 6) is 0. The molecular weight excluding hydrogens is 222 g/mol. The molecule has 0 saturated heterocycles. The molecule has 4 heteroatoms. The molecule has 0 unspecified atom stereocenters. The van der Waals surface area contributed by atoms with Gasteiger partial charge in [-0.05, 0) is 18.9 Å². The molecule has 0 fully saturated rings. The Morgan fingerprint density at radius 1 is 1.19 bits per heavy atom. The summed E-state index contributed by atoms with van der Waals surface area (Å²) in [7, 11) is -3.40. The van der Waals surface area contributed by atoms with E-state index in [0.29, 0.717) is 4.90 Å². The molecule has 1 aliphatic rings. The molecule has 1 aromatic carbocycles. The maximum absolute atomic E-state index is 11.7. The van der Waals surface area contributed by atoms with Crippen LogP contribution in [0.15, 0.2) is 33.6 Å². The Balaban J connectivity index is 2.29. The molecule has 0 spiro atoms. The first-order chi connectivity index (χ1) is 7.65. The van der Waals surface area contributed by atoms with Gasteiger partial charge in [-0.1, -0.05) is 38.0 Å². The second kappa shape index (κ2) is 4.37. The highest BCUT2D eigenvalue weighted by molar-refractivity contribution is 7.90. The van der Waals surface area contributed by atoms with E-state index in [1.807, 2.05) is 12.1 Å². The number of rotatable bonds is 4. The van der Waals surface area contributed by atoms with Crippen molar-refractivity contribution < 1.29 is 8.42 Å². The van der Waals surface area contributed by atoms with Crippen molar-refractivity contribution in [3.8, 4) is 0 Å². The van der Waals surface area contributed by atoms with Crippen LogP contribution < -0.4 is 0 Å². The summed E-state index contributed by atoms with van der Waals surface area (Å²) >= 11 is 0. The fourth-order valence-corrected chi connectivity index (χ4v) is 3.19. The largest absolute Gasteiger partial charge is 0.283 e.